The summed E-state index contributed by atoms with van der Waals surface area (Å²) in [6, 6.07) is 0. The Kier molecular flexibility index (Phi) is 4.89. The molecule has 1 fully saturated rings. The minimum Gasteiger partial charge on any atom is -0.0683 e. The lowest BCUT2D eigenvalue weighted by Crippen LogP contribution is -2.25. The third-order valence-corrected chi connectivity index (χ3v) is 3.80. The summed E-state index contributed by atoms with van der Waals surface area (Å²) < 4.78 is 0. The highest BCUT2D eigenvalue weighted by atomic mass is 14.4. The van der Waals surface area contributed by atoms with Crippen molar-refractivity contribution in [2.75, 3.05) is 0 Å². The van der Waals surface area contributed by atoms with Crippen molar-refractivity contribution in [2.45, 2.75) is 60.8 Å². The van der Waals surface area contributed by atoms with Crippen molar-refractivity contribution in [3.63, 3.8) is 0 Å². The van der Waals surface area contributed by atoms with Gasteiger partial charge < -0.3 is 0 Å². The Morgan fingerprint density at radius 1 is 1.25 bits per heavy atom. The molecule has 0 bridgehead atoms. The van der Waals surface area contributed by atoms with E-state index in [1.165, 1.54) is 19.3 Å². The Morgan fingerprint density at radius 2 is 1.75 bits per heavy atom. The SMILES string of the molecule is CC.CC(C)C1(C)CCCC1C. The smallest absolute Gasteiger partial charge is 0.0277 e. The van der Waals surface area contributed by atoms with Gasteiger partial charge in [-0.15, -0.1) is 0 Å². The van der Waals surface area contributed by atoms with Gasteiger partial charge in [0.25, 0.3) is 0 Å². The molecule has 2 atom stereocenters. The van der Waals surface area contributed by atoms with E-state index in [1.54, 1.807) is 0 Å². The van der Waals surface area contributed by atoms with Gasteiger partial charge in [0.15, 0.2) is 0 Å². The van der Waals surface area contributed by atoms with E-state index in [9.17, 15) is 0 Å². The molecule has 0 saturated heterocycles. The van der Waals surface area contributed by atoms with Crippen molar-refractivity contribution >= 4 is 0 Å². The van der Waals surface area contributed by atoms with Crippen LogP contribution in [-0.4, -0.2) is 0 Å². The Morgan fingerprint density at radius 3 is 1.92 bits per heavy atom. The molecule has 1 aliphatic rings. The second-order valence-corrected chi connectivity index (χ2v) is 4.45. The molecular formula is C12H26. The average molecular weight is 170 g/mol. The van der Waals surface area contributed by atoms with Crippen molar-refractivity contribution in [3.8, 4) is 0 Å². The molecule has 1 rings (SSSR count). The molecule has 1 saturated carbocycles. The molecule has 0 aromatic rings. The van der Waals surface area contributed by atoms with Crippen LogP contribution < -0.4 is 0 Å². The first kappa shape index (κ1) is 12.0. The third kappa shape index (κ3) is 2.24. The fourth-order valence-electron chi connectivity index (χ4n) is 2.22. The second kappa shape index (κ2) is 4.89. The Balaban J connectivity index is 0.000000561. The fourth-order valence-corrected chi connectivity index (χ4v) is 2.22. The fraction of sp³-hybridized carbons (Fsp3) is 1.00. The van der Waals surface area contributed by atoms with E-state index in [0.29, 0.717) is 5.41 Å². The van der Waals surface area contributed by atoms with Crippen LogP contribution in [0.2, 0.25) is 0 Å². The first-order valence-electron chi connectivity index (χ1n) is 5.57. The lowest BCUT2D eigenvalue weighted by atomic mass is 9.72. The molecule has 0 heterocycles. The summed E-state index contributed by atoms with van der Waals surface area (Å²) >= 11 is 0. The number of hydrogen-bond donors (Lipinski definition) is 0. The van der Waals surface area contributed by atoms with Crippen LogP contribution in [0.15, 0.2) is 0 Å². The minimum atomic E-state index is 0.653. The van der Waals surface area contributed by atoms with Gasteiger partial charge in [0, 0.05) is 0 Å². The highest BCUT2D eigenvalue weighted by Crippen LogP contribution is 2.47. The molecule has 0 radical (unpaired) electrons. The lowest BCUT2D eigenvalue weighted by Gasteiger charge is -2.33. The van der Waals surface area contributed by atoms with E-state index < -0.39 is 0 Å². The molecule has 1 aliphatic carbocycles. The summed E-state index contributed by atoms with van der Waals surface area (Å²) in [7, 11) is 0. The van der Waals surface area contributed by atoms with E-state index in [2.05, 4.69) is 27.7 Å². The molecule has 0 amide bonds. The maximum absolute atomic E-state index is 2.45. The van der Waals surface area contributed by atoms with Crippen LogP contribution in [0.3, 0.4) is 0 Å². The molecule has 0 aromatic carbocycles. The van der Waals surface area contributed by atoms with Crippen molar-refractivity contribution in [1.82, 2.24) is 0 Å². The zero-order valence-corrected chi connectivity index (χ0v) is 9.78. The highest BCUT2D eigenvalue weighted by molar-refractivity contribution is 4.88. The monoisotopic (exact) mass is 170 g/mol. The number of hydrogen-bond acceptors (Lipinski definition) is 0. The summed E-state index contributed by atoms with van der Waals surface area (Å²) in [4.78, 5) is 0. The van der Waals surface area contributed by atoms with E-state index in [4.69, 9.17) is 0 Å². The van der Waals surface area contributed by atoms with Gasteiger partial charge in [-0.3, -0.25) is 0 Å². The van der Waals surface area contributed by atoms with Crippen LogP contribution in [0, 0.1) is 17.3 Å². The van der Waals surface area contributed by atoms with Crippen LogP contribution >= 0.6 is 0 Å². The quantitative estimate of drug-likeness (QED) is 0.543. The number of rotatable bonds is 1. The van der Waals surface area contributed by atoms with E-state index in [0.717, 1.165) is 11.8 Å². The van der Waals surface area contributed by atoms with E-state index in [1.807, 2.05) is 13.8 Å². The molecule has 0 aliphatic heterocycles. The third-order valence-electron chi connectivity index (χ3n) is 3.80. The summed E-state index contributed by atoms with van der Waals surface area (Å²) in [5.74, 6) is 1.82. The van der Waals surface area contributed by atoms with Crippen LogP contribution in [0.1, 0.15) is 60.8 Å². The topological polar surface area (TPSA) is 0 Å². The van der Waals surface area contributed by atoms with E-state index in [-0.39, 0.29) is 0 Å². The van der Waals surface area contributed by atoms with Crippen LogP contribution in [-0.2, 0) is 0 Å². The maximum atomic E-state index is 2.45. The molecule has 0 N–H and O–H groups in total. The highest BCUT2D eigenvalue weighted by Gasteiger charge is 2.37. The summed E-state index contributed by atoms with van der Waals surface area (Å²) in [6.07, 6.45) is 4.36. The van der Waals surface area contributed by atoms with Crippen molar-refractivity contribution in [3.05, 3.63) is 0 Å². The van der Waals surface area contributed by atoms with Gasteiger partial charge >= 0.3 is 0 Å². The molecule has 0 nitrogen and oxygen atoms in total. The minimum absolute atomic E-state index is 0.653. The Hall–Kier alpha value is 0. The van der Waals surface area contributed by atoms with Crippen LogP contribution in [0.5, 0.6) is 0 Å². The van der Waals surface area contributed by atoms with Crippen molar-refractivity contribution in [2.24, 2.45) is 17.3 Å². The van der Waals surface area contributed by atoms with Gasteiger partial charge in [-0.1, -0.05) is 54.4 Å². The van der Waals surface area contributed by atoms with Gasteiger partial charge in [0.2, 0.25) is 0 Å². The standard InChI is InChI=1S/C10H20.C2H6/c1-8(2)10(4)7-5-6-9(10)3;1-2/h8-9H,5-7H2,1-4H3;1-2H3. The van der Waals surface area contributed by atoms with Gasteiger partial charge in [-0.25, -0.2) is 0 Å². The molecule has 0 aromatic heterocycles. The molecule has 0 heteroatoms. The van der Waals surface area contributed by atoms with Crippen LogP contribution in [0.25, 0.3) is 0 Å². The van der Waals surface area contributed by atoms with Crippen molar-refractivity contribution < 1.29 is 0 Å². The summed E-state index contributed by atoms with van der Waals surface area (Å²) in [5.41, 5.74) is 0.653. The predicted octanol–water partition coefficient (Wildman–Crippen LogP) is 4.49. The Labute approximate surface area is 78.8 Å². The first-order valence-corrected chi connectivity index (χ1v) is 5.57. The average Bonchev–Trinajstić information content (AvgIpc) is 2.38. The second-order valence-electron chi connectivity index (χ2n) is 4.45. The predicted molar refractivity (Wildman–Crippen MR) is 57.3 cm³/mol. The van der Waals surface area contributed by atoms with Crippen molar-refractivity contribution in [1.29, 1.82) is 0 Å². The van der Waals surface area contributed by atoms with Crippen LogP contribution in [0.4, 0.5) is 0 Å². The largest absolute Gasteiger partial charge is 0.0683 e. The first-order chi connectivity index (χ1) is 5.57. The lowest BCUT2D eigenvalue weighted by molar-refractivity contribution is 0.161. The molecule has 74 valence electrons. The van der Waals surface area contributed by atoms with Gasteiger partial charge in [0.05, 0.1) is 0 Å². The van der Waals surface area contributed by atoms with Gasteiger partial charge in [0.1, 0.15) is 0 Å². The maximum Gasteiger partial charge on any atom is -0.0277 e. The Bertz CT molecular complexity index is 115. The normalized spacial score (nSPS) is 34.8. The van der Waals surface area contributed by atoms with Gasteiger partial charge in [-0.2, -0.15) is 0 Å². The summed E-state index contributed by atoms with van der Waals surface area (Å²) in [6.45, 7) is 13.6. The zero-order chi connectivity index (χ0) is 9.78. The zero-order valence-electron chi connectivity index (χ0n) is 9.78. The van der Waals surface area contributed by atoms with Gasteiger partial charge in [-0.05, 0) is 23.7 Å². The molecule has 12 heavy (non-hydrogen) atoms. The summed E-state index contributed by atoms with van der Waals surface area (Å²) in [5, 5.41) is 0. The molecule has 2 unspecified atom stereocenters. The molecule has 0 spiro atoms. The molecular weight excluding hydrogens is 144 g/mol. The van der Waals surface area contributed by atoms with E-state index >= 15 is 0 Å².